The zero-order valence-corrected chi connectivity index (χ0v) is 18.7. The Morgan fingerprint density at radius 3 is 2.63 bits per heavy atom. The van der Waals surface area contributed by atoms with Gasteiger partial charge in [-0.25, -0.2) is 10.4 Å². The first-order valence-corrected chi connectivity index (χ1v) is 11.5. The van der Waals surface area contributed by atoms with E-state index in [4.69, 9.17) is 4.98 Å². The molecule has 0 bridgehead atoms. The maximum absolute atomic E-state index is 13.3. The first kappa shape index (κ1) is 21.5. The van der Waals surface area contributed by atoms with Crippen LogP contribution >= 0.6 is 0 Å². The van der Waals surface area contributed by atoms with Crippen molar-refractivity contribution >= 4 is 5.91 Å². The topological polar surface area (TPSA) is 93.4 Å². The number of hydrazine groups is 1. The quantitative estimate of drug-likeness (QED) is 0.689. The van der Waals surface area contributed by atoms with Crippen LogP contribution in [0.1, 0.15) is 76.5 Å². The van der Waals surface area contributed by atoms with Crippen LogP contribution in [0, 0.1) is 5.92 Å². The molecule has 2 fully saturated rings. The third kappa shape index (κ3) is 4.18. The summed E-state index contributed by atoms with van der Waals surface area (Å²) in [5.74, 6) is 1.24. The van der Waals surface area contributed by atoms with Gasteiger partial charge >= 0.3 is 0 Å². The summed E-state index contributed by atoms with van der Waals surface area (Å²) in [5, 5.41) is 0. The lowest BCUT2D eigenvalue weighted by Gasteiger charge is -2.37. The second kappa shape index (κ2) is 8.77. The summed E-state index contributed by atoms with van der Waals surface area (Å²) >= 11 is 0. The van der Waals surface area contributed by atoms with E-state index < -0.39 is 0 Å². The van der Waals surface area contributed by atoms with E-state index >= 15 is 0 Å². The molecule has 1 aromatic rings. The van der Waals surface area contributed by atoms with Gasteiger partial charge in [-0.1, -0.05) is 13.8 Å². The average molecular weight is 417 g/mol. The molecule has 8 heteroatoms. The molecule has 1 amide bonds. The molecular formula is C22H36N6O2. The third-order valence-corrected chi connectivity index (χ3v) is 6.98. The van der Waals surface area contributed by atoms with Gasteiger partial charge in [-0.15, -0.1) is 0 Å². The molecule has 0 aliphatic carbocycles. The monoisotopic (exact) mass is 416 g/mol. The number of rotatable bonds is 4. The lowest BCUT2D eigenvalue weighted by Crippen LogP contribution is -2.49. The largest absolute Gasteiger partial charge is 0.331 e. The molecule has 4 rings (SSSR count). The minimum absolute atomic E-state index is 0.0427. The minimum atomic E-state index is -0.220. The molecular weight excluding hydrogens is 380 g/mol. The zero-order valence-electron chi connectivity index (χ0n) is 18.7. The highest BCUT2D eigenvalue weighted by atomic mass is 16.2. The molecule has 0 saturated carbocycles. The molecule has 30 heavy (non-hydrogen) atoms. The third-order valence-electron chi connectivity index (χ3n) is 6.98. The van der Waals surface area contributed by atoms with Crippen LogP contribution in [0.2, 0.25) is 0 Å². The van der Waals surface area contributed by atoms with Crippen molar-refractivity contribution in [3.8, 4) is 0 Å². The fourth-order valence-electron chi connectivity index (χ4n) is 4.92. The Morgan fingerprint density at radius 1 is 1.13 bits per heavy atom. The molecule has 3 atom stereocenters. The van der Waals surface area contributed by atoms with Gasteiger partial charge in [0.1, 0.15) is 11.9 Å². The van der Waals surface area contributed by atoms with Crippen molar-refractivity contribution in [2.45, 2.75) is 90.5 Å². The number of likely N-dealkylation sites (tertiary alicyclic amines) is 1. The van der Waals surface area contributed by atoms with Crippen molar-refractivity contribution in [1.82, 2.24) is 30.6 Å². The Balaban J connectivity index is 1.56. The molecule has 0 spiro atoms. The molecule has 3 aliphatic rings. The van der Waals surface area contributed by atoms with E-state index in [9.17, 15) is 9.59 Å². The first-order chi connectivity index (χ1) is 14.3. The van der Waals surface area contributed by atoms with Crippen LogP contribution in [0.4, 0.5) is 0 Å². The number of amides is 1. The first-order valence-electron chi connectivity index (χ1n) is 11.5. The van der Waals surface area contributed by atoms with E-state index in [0.717, 1.165) is 56.5 Å². The Labute approximate surface area is 178 Å². The van der Waals surface area contributed by atoms with E-state index in [-0.39, 0.29) is 23.6 Å². The highest BCUT2D eigenvalue weighted by molar-refractivity contribution is 5.82. The SMILES string of the molecule is CC(C)C1CC(C(=O)N2CCCCC2c2nc3c(c(=O)[nH]2)CN(C(C)C)CC3)NN1. The number of aromatic nitrogens is 2. The summed E-state index contributed by atoms with van der Waals surface area (Å²) in [7, 11) is 0. The van der Waals surface area contributed by atoms with E-state index in [0.29, 0.717) is 30.4 Å². The normalized spacial score (nSPS) is 27.7. The number of nitrogens with one attached hydrogen (secondary N) is 3. The number of nitrogens with zero attached hydrogens (tertiary/aromatic N) is 3. The molecule has 0 aromatic carbocycles. The van der Waals surface area contributed by atoms with Crippen molar-refractivity contribution < 1.29 is 4.79 Å². The van der Waals surface area contributed by atoms with Crippen LogP contribution in [0.3, 0.4) is 0 Å². The van der Waals surface area contributed by atoms with Crippen LogP contribution in [-0.2, 0) is 17.8 Å². The van der Waals surface area contributed by atoms with Crippen molar-refractivity contribution in [3.63, 3.8) is 0 Å². The molecule has 3 unspecified atom stereocenters. The number of fused-ring (bicyclic) bond motifs is 1. The van der Waals surface area contributed by atoms with Gasteiger partial charge < -0.3 is 9.88 Å². The smallest absolute Gasteiger partial charge is 0.255 e. The zero-order chi connectivity index (χ0) is 21.4. The fraction of sp³-hybridized carbons (Fsp3) is 0.773. The summed E-state index contributed by atoms with van der Waals surface area (Å²) in [6.07, 6.45) is 4.46. The van der Waals surface area contributed by atoms with Gasteiger partial charge in [0.2, 0.25) is 5.91 Å². The van der Waals surface area contributed by atoms with Gasteiger partial charge in [0, 0.05) is 38.1 Å². The summed E-state index contributed by atoms with van der Waals surface area (Å²) < 4.78 is 0. The van der Waals surface area contributed by atoms with Gasteiger partial charge in [0.15, 0.2) is 0 Å². The number of hydrogen-bond donors (Lipinski definition) is 3. The van der Waals surface area contributed by atoms with E-state index in [2.05, 4.69) is 48.4 Å². The number of piperidine rings is 1. The van der Waals surface area contributed by atoms with Gasteiger partial charge in [-0.3, -0.25) is 19.9 Å². The standard InChI is InChI=1S/C22H36N6O2/c1-13(2)17-11-18(26-25-17)22(30)28-9-6-5-7-19(28)20-23-16-8-10-27(14(3)4)12-15(16)21(29)24-20/h13-14,17-19,25-26H,5-12H2,1-4H3,(H,23,24,29). The van der Waals surface area contributed by atoms with Crippen molar-refractivity contribution in [2.24, 2.45) is 5.92 Å². The number of carbonyl (C=O) groups excluding carboxylic acids is 1. The van der Waals surface area contributed by atoms with Crippen molar-refractivity contribution in [2.75, 3.05) is 13.1 Å². The predicted molar refractivity (Wildman–Crippen MR) is 116 cm³/mol. The molecule has 4 heterocycles. The Hall–Kier alpha value is -1.77. The number of hydrogen-bond acceptors (Lipinski definition) is 6. The van der Waals surface area contributed by atoms with Gasteiger partial charge in [0.05, 0.1) is 17.3 Å². The maximum atomic E-state index is 13.3. The number of aromatic amines is 1. The molecule has 1 aromatic heterocycles. The number of H-pyrrole nitrogens is 1. The summed E-state index contributed by atoms with van der Waals surface area (Å²) in [5.41, 5.74) is 8.11. The highest BCUT2D eigenvalue weighted by Gasteiger charge is 2.38. The minimum Gasteiger partial charge on any atom is -0.331 e. The van der Waals surface area contributed by atoms with Crippen LogP contribution in [-0.4, -0.2) is 56.9 Å². The second-order valence-electron chi connectivity index (χ2n) is 9.66. The second-order valence-corrected chi connectivity index (χ2v) is 9.66. The van der Waals surface area contributed by atoms with E-state index in [1.165, 1.54) is 0 Å². The molecule has 8 nitrogen and oxygen atoms in total. The Bertz CT molecular complexity index is 835. The fourth-order valence-corrected chi connectivity index (χ4v) is 4.92. The summed E-state index contributed by atoms with van der Waals surface area (Å²) in [4.78, 5) is 38.4. The van der Waals surface area contributed by atoms with Crippen LogP contribution in [0.15, 0.2) is 4.79 Å². The summed E-state index contributed by atoms with van der Waals surface area (Å²) in [6.45, 7) is 10.9. The van der Waals surface area contributed by atoms with E-state index in [1.807, 2.05) is 4.90 Å². The molecule has 166 valence electrons. The molecule has 3 N–H and O–H groups in total. The highest BCUT2D eigenvalue weighted by Crippen LogP contribution is 2.31. The maximum Gasteiger partial charge on any atom is 0.255 e. The Morgan fingerprint density at radius 2 is 1.93 bits per heavy atom. The lowest BCUT2D eigenvalue weighted by atomic mass is 9.96. The van der Waals surface area contributed by atoms with Crippen LogP contribution in [0.5, 0.6) is 0 Å². The molecule has 2 saturated heterocycles. The molecule has 0 radical (unpaired) electrons. The summed E-state index contributed by atoms with van der Waals surface area (Å²) in [6, 6.07) is 0.341. The van der Waals surface area contributed by atoms with Gasteiger partial charge in [0.25, 0.3) is 5.56 Å². The van der Waals surface area contributed by atoms with Gasteiger partial charge in [-0.2, -0.15) is 0 Å². The van der Waals surface area contributed by atoms with Crippen LogP contribution in [0.25, 0.3) is 0 Å². The van der Waals surface area contributed by atoms with Crippen LogP contribution < -0.4 is 16.4 Å². The molecule has 3 aliphatic heterocycles. The van der Waals surface area contributed by atoms with Crippen molar-refractivity contribution in [3.05, 3.63) is 27.4 Å². The van der Waals surface area contributed by atoms with Crippen molar-refractivity contribution in [1.29, 1.82) is 0 Å². The van der Waals surface area contributed by atoms with E-state index in [1.54, 1.807) is 0 Å². The Kier molecular flexibility index (Phi) is 6.27. The average Bonchev–Trinajstić information content (AvgIpc) is 3.23. The predicted octanol–water partition coefficient (Wildman–Crippen LogP) is 1.48. The number of carbonyl (C=O) groups is 1. The van der Waals surface area contributed by atoms with Gasteiger partial charge in [-0.05, 0) is 45.4 Å². The lowest BCUT2D eigenvalue weighted by molar-refractivity contribution is -0.137.